The Morgan fingerprint density at radius 1 is 1.20 bits per heavy atom. The van der Waals surface area contributed by atoms with Gasteiger partial charge in [-0.05, 0) is 37.5 Å². The molecule has 0 amide bonds. The molecule has 1 aliphatic rings. The quantitative estimate of drug-likeness (QED) is 0.652. The molecule has 6 nitrogen and oxygen atoms in total. The van der Waals surface area contributed by atoms with E-state index in [9.17, 15) is 0 Å². The van der Waals surface area contributed by atoms with Gasteiger partial charge in [0.15, 0.2) is 0 Å². The smallest absolute Gasteiger partial charge is 0.138 e. The number of halogens is 1. The first-order valence-electron chi connectivity index (χ1n) is 8.34. The Kier molecular flexibility index (Phi) is 4.13. The van der Waals surface area contributed by atoms with Gasteiger partial charge >= 0.3 is 0 Å². The zero-order valence-electron chi connectivity index (χ0n) is 14.2. The van der Waals surface area contributed by atoms with Crippen LogP contribution in [0.1, 0.15) is 43.1 Å². The topological polar surface area (TPSA) is 59.7 Å². The van der Waals surface area contributed by atoms with Crippen LogP contribution in [-0.4, -0.2) is 31.8 Å². The molecule has 1 fully saturated rings. The Bertz CT molecular complexity index is 858. The maximum atomic E-state index is 6.20. The van der Waals surface area contributed by atoms with E-state index >= 15 is 0 Å². The maximum Gasteiger partial charge on any atom is 0.138 e. The van der Waals surface area contributed by atoms with Gasteiger partial charge in [-0.1, -0.05) is 23.7 Å². The van der Waals surface area contributed by atoms with E-state index in [4.69, 9.17) is 16.6 Å². The summed E-state index contributed by atoms with van der Waals surface area (Å²) in [7, 11) is 2.03. The van der Waals surface area contributed by atoms with Gasteiger partial charge in [-0.2, -0.15) is 5.10 Å². The minimum atomic E-state index is 0.155. The second kappa shape index (κ2) is 6.44. The molecule has 4 rings (SSSR count). The third kappa shape index (κ3) is 3.35. The summed E-state index contributed by atoms with van der Waals surface area (Å²) < 4.78 is 1.74. The molecule has 0 N–H and O–H groups in total. The highest BCUT2D eigenvalue weighted by molar-refractivity contribution is 6.29. The van der Waals surface area contributed by atoms with Gasteiger partial charge in [-0.3, -0.25) is 0 Å². The molecule has 0 spiro atoms. The van der Waals surface area contributed by atoms with Crippen molar-refractivity contribution in [3.8, 4) is 5.69 Å². The number of rotatable bonds is 5. The lowest BCUT2D eigenvalue weighted by molar-refractivity contribution is 0.720. The second-order valence-corrected chi connectivity index (χ2v) is 6.79. The minimum Gasteiger partial charge on any atom is -0.353 e. The molecular formula is C18H19ClN6. The van der Waals surface area contributed by atoms with E-state index in [-0.39, 0.29) is 6.04 Å². The molecule has 0 radical (unpaired) electrons. The van der Waals surface area contributed by atoms with Crippen molar-refractivity contribution in [3.05, 3.63) is 59.5 Å². The summed E-state index contributed by atoms with van der Waals surface area (Å²) in [5.74, 6) is 2.20. The van der Waals surface area contributed by atoms with E-state index in [0.29, 0.717) is 11.1 Å². The van der Waals surface area contributed by atoms with E-state index < -0.39 is 0 Å². The predicted octanol–water partition coefficient (Wildman–Crippen LogP) is 3.79. The highest BCUT2D eigenvalue weighted by Gasteiger charge is 2.28. The summed E-state index contributed by atoms with van der Waals surface area (Å²) in [4.78, 5) is 15.2. The molecule has 1 saturated carbocycles. The zero-order chi connectivity index (χ0) is 17.4. The molecule has 0 bridgehead atoms. The lowest BCUT2D eigenvalue weighted by atomic mass is 10.1. The van der Waals surface area contributed by atoms with Crippen LogP contribution in [0.15, 0.2) is 43.0 Å². The Morgan fingerprint density at radius 2 is 1.96 bits per heavy atom. The maximum absolute atomic E-state index is 6.20. The highest BCUT2D eigenvalue weighted by Crippen LogP contribution is 2.39. The standard InChI is InChI=1S/C18H19ClN6/c1-12(13-5-7-15(8-6-13)25-11-20-10-21-25)24(2)17-9-16(19)22-18(23-17)14-3-4-14/h5-12,14H,3-4H2,1-2H3. The van der Waals surface area contributed by atoms with Gasteiger partial charge in [0.1, 0.15) is 29.5 Å². The Balaban J connectivity index is 1.56. The van der Waals surface area contributed by atoms with Gasteiger partial charge < -0.3 is 4.90 Å². The van der Waals surface area contributed by atoms with Crippen LogP contribution in [0.3, 0.4) is 0 Å². The lowest BCUT2D eigenvalue weighted by Crippen LogP contribution is -2.23. The van der Waals surface area contributed by atoms with Crippen molar-refractivity contribution in [2.24, 2.45) is 0 Å². The SMILES string of the molecule is CC(c1ccc(-n2cncn2)cc1)N(C)c1cc(Cl)nc(C2CC2)n1. The molecule has 25 heavy (non-hydrogen) atoms. The van der Waals surface area contributed by atoms with Crippen LogP contribution in [0.2, 0.25) is 5.15 Å². The summed E-state index contributed by atoms with van der Waals surface area (Å²) in [5, 5.41) is 4.66. The van der Waals surface area contributed by atoms with Crippen LogP contribution in [-0.2, 0) is 0 Å². The molecule has 0 aliphatic heterocycles. The van der Waals surface area contributed by atoms with Crippen molar-refractivity contribution >= 4 is 17.4 Å². The molecule has 1 atom stereocenters. The van der Waals surface area contributed by atoms with Gasteiger partial charge in [0.25, 0.3) is 0 Å². The van der Waals surface area contributed by atoms with Gasteiger partial charge in [-0.25, -0.2) is 19.6 Å². The molecule has 1 aliphatic carbocycles. The number of anilines is 1. The first-order valence-corrected chi connectivity index (χ1v) is 8.72. The third-order valence-corrected chi connectivity index (χ3v) is 4.84. The van der Waals surface area contributed by atoms with E-state index in [1.165, 1.54) is 11.9 Å². The predicted molar refractivity (Wildman–Crippen MR) is 97.2 cm³/mol. The molecule has 2 aromatic heterocycles. The van der Waals surface area contributed by atoms with Crippen LogP contribution in [0, 0.1) is 0 Å². The van der Waals surface area contributed by atoms with Crippen molar-refractivity contribution in [3.63, 3.8) is 0 Å². The second-order valence-electron chi connectivity index (χ2n) is 6.40. The number of hydrogen-bond acceptors (Lipinski definition) is 5. The number of benzene rings is 1. The fraction of sp³-hybridized carbons (Fsp3) is 0.333. The third-order valence-electron chi connectivity index (χ3n) is 4.64. The van der Waals surface area contributed by atoms with Crippen molar-refractivity contribution < 1.29 is 0 Å². The van der Waals surface area contributed by atoms with E-state index in [1.807, 2.05) is 25.2 Å². The lowest BCUT2D eigenvalue weighted by Gasteiger charge is -2.27. The Morgan fingerprint density at radius 3 is 2.60 bits per heavy atom. The Labute approximate surface area is 151 Å². The minimum absolute atomic E-state index is 0.155. The number of hydrogen-bond donors (Lipinski definition) is 0. The molecular weight excluding hydrogens is 336 g/mol. The molecule has 0 saturated heterocycles. The molecule has 1 unspecified atom stereocenters. The van der Waals surface area contributed by atoms with Crippen molar-refractivity contribution in [2.75, 3.05) is 11.9 Å². The summed E-state index contributed by atoms with van der Waals surface area (Å²) in [6, 6.07) is 10.3. The number of aromatic nitrogens is 5. The van der Waals surface area contributed by atoms with Crippen molar-refractivity contribution in [1.82, 2.24) is 24.7 Å². The summed E-state index contributed by atoms with van der Waals surface area (Å²) >= 11 is 6.20. The molecule has 3 aromatic rings. The van der Waals surface area contributed by atoms with Crippen LogP contribution in [0.25, 0.3) is 5.69 Å². The highest BCUT2D eigenvalue weighted by atomic mass is 35.5. The normalized spacial score (nSPS) is 15.2. The Hall–Kier alpha value is -2.47. The average molecular weight is 355 g/mol. The van der Waals surface area contributed by atoms with Crippen LogP contribution < -0.4 is 4.90 Å². The molecule has 7 heteroatoms. The molecule has 128 valence electrons. The fourth-order valence-corrected chi connectivity index (χ4v) is 2.98. The summed E-state index contributed by atoms with van der Waals surface area (Å²) in [5.41, 5.74) is 2.17. The summed E-state index contributed by atoms with van der Waals surface area (Å²) in [6.07, 6.45) is 5.53. The van der Waals surface area contributed by atoms with Crippen molar-refractivity contribution in [2.45, 2.75) is 31.7 Å². The van der Waals surface area contributed by atoms with Crippen LogP contribution >= 0.6 is 11.6 Å². The van der Waals surface area contributed by atoms with Gasteiger partial charge in [0, 0.05) is 19.0 Å². The summed E-state index contributed by atoms with van der Waals surface area (Å²) in [6.45, 7) is 2.15. The first-order chi connectivity index (χ1) is 12.1. The van der Waals surface area contributed by atoms with E-state index in [1.54, 1.807) is 11.0 Å². The first kappa shape index (κ1) is 16.0. The number of nitrogens with zero attached hydrogens (tertiary/aromatic N) is 6. The van der Waals surface area contributed by atoms with Crippen LogP contribution in [0.4, 0.5) is 5.82 Å². The van der Waals surface area contributed by atoms with Gasteiger partial charge in [0.2, 0.25) is 0 Å². The van der Waals surface area contributed by atoms with Crippen molar-refractivity contribution in [1.29, 1.82) is 0 Å². The molecule has 1 aromatic carbocycles. The monoisotopic (exact) mass is 354 g/mol. The van der Waals surface area contributed by atoms with E-state index in [0.717, 1.165) is 30.2 Å². The fourth-order valence-electron chi connectivity index (χ4n) is 2.80. The average Bonchev–Trinajstić information content (AvgIpc) is 3.35. The van der Waals surface area contributed by atoms with Crippen LogP contribution in [0.5, 0.6) is 0 Å². The largest absolute Gasteiger partial charge is 0.353 e. The zero-order valence-corrected chi connectivity index (χ0v) is 14.9. The molecule has 2 heterocycles. The van der Waals surface area contributed by atoms with Gasteiger partial charge in [-0.15, -0.1) is 0 Å². The van der Waals surface area contributed by atoms with E-state index in [2.05, 4.69) is 39.0 Å². The van der Waals surface area contributed by atoms with Gasteiger partial charge in [0.05, 0.1) is 11.7 Å².